The van der Waals surface area contributed by atoms with Crippen molar-refractivity contribution in [2.45, 2.75) is 219 Å². The van der Waals surface area contributed by atoms with Crippen molar-refractivity contribution in [3.63, 3.8) is 0 Å². The van der Waals surface area contributed by atoms with Crippen LogP contribution in [0.1, 0.15) is 219 Å². The number of carbonyl (C=O) groups is 2. The fourth-order valence-corrected chi connectivity index (χ4v) is 7.81. The highest BCUT2D eigenvalue weighted by molar-refractivity contribution is 5.88. The average molecular weight is 803 g/mol. The van der Waals surface area contributed by atoms with E-state index in [1.54, 1.807) is 24.3 Å². The Hall–Kier alpha value is -3.61. The first kappa shape index (κ1) is 48.8. The summed E-state index contributed by atoms with van der Waals surface area (Å²) in [7, 11) is 0. The minimum atomic E-state index is -0.410. The van der Waals surface area contributed by atoms with E-state index in [2.05, 4.69) is 13.8 Å². The number of hydrogen-bond donors (Lipinski definition) is 1. The highest BCUT2D eigenvalue weighted by atomic mass is 16.5. The lowest BCUT2D eigenvalue weighted by molar-refractivity contribution is -0.135. The van der Waals surface area contributed by atoms with Crippen LogP contribution >= 0.6 is 0 Å². The van der Waals surface area contributed by atoms with Crippen molar-refractivity contribution < 1.29 is 28.6 Å². The minimum absolute atomic E-state index is 0.0127. The van der Waals surface area contributed by atoms with Crippen LogP contribution in [-0.2, 0) is 9.59 Å². The molecule has 3 aromatic rings. The fraction of sp³-hybridized carbons (Fsp3) is 0.667. The first-order chi connectivity index (χ1) is 28.4. The quantitative estimate of drug-likeness (QED) is 0.0359. The van der Waals surface area contributed by atoms with Crippen molar-refractivity contribution in [2.24, 2.45) is 0 Å². The van der Waals surface area contributed by atoms with Crippen LogP contribution < -0.4 is 14.9 Å². The molecule has 7 heteroatoms. The number of unbranched alkanes of at least 4 members (excludes halogenated alkanes) is 28. The first-order valence-electron chi connectivity index (χ1n) is 23.7. The van der Waals surface area contributed by atoms with Gasteiger partial charge in [-0.3, -0.25) is 14.4 Å². The SMILES string of the molecule is CCCCCCCCCCCCCCCCCC(=O)Oc1ccc(-c2coc3cc(OC(=O)CCCCCCCCCCCCCCCCC)cc(O)c3c2=O)cc1. The highest BCUT2D eigenvalue weighted by Crippen LogP contribution is 2.31. The number of benzene rings is 2. The van der Waals surface area contributed by atoms with Gasteiger partial charge >= 0.3 is 11.9 Å². The largest absolute Gasteiger partial charge is 0.507 e. The summed E-state index contributed by atoms with van der Waals surface area (Å²) in [6.07, 6.45) is 40.0. The summed E-state index contributed by atoms with van der Waals surface area (Å²) in [5, 5.41) is 10.8. The van der Waals surface area contributed by atoms with Crippen LogP contribution in [-0.4, -0.2) is 17.0 Å². The van der Waals surface area contributed by atoms with E-state index >= 15 is 0 Å². The van der Waals surface area contributed by atoms with Crippen molar-refractivity contribution in [3.8, 4) is 28.4 Å². The van der Waals surface area contributed by atoms with Crippen molar-refractivity contribution in [1.29, 1.82) is 0 Å². The summed E-state index contributed by atoms with van der Waals surface area (Å²) >= 11 is 0. The molecule has 0 saturated carbocycles. The molecule has 1 aromatic heterocycles. The van der Waals surface area contributed by atoms with E-state index in [0.29, 0.717) is 24.2 Å². The van der Waals surface area contributed by atoms with E-state index in [-0.39, 0.29) is 40.0 Å². The summed E-state index contributed by atoms with van der Waals surface area (Å²) < 4.78 is 16.8. The van der Waals surface area contributed by atoms with Gasteiger partial charge in [-0.05, 0) is 30.5 Å². The molecular weight excluding hydrogens is 725 g/mol. The molecule has 3 rings (SSSR count). The van der Waals surface area contributed by atoms with Gasteiger partial charge in [0.1, 0.15) is 34.5 Å². The number of phenolic OH excluding ortho intramolecular Hbond substituents is 1. The lowest BCUT2D eigenvalue weighted by Gasteiger charge is -2.09. The molecule has 0 aliphatic carbocycles. The molecule has 58 heavy (non-hydrogen) atoms. The molecule has 2 aromatic carbocycles. The Morgan fingerprint density at radius 1 is 0.500 bits per heavy atom. The molecule has 324 valence electrons. The Morgan fingerprint density at radius 3 is 1.26 bits per heavy atom. The fourth-order valence-electron chi connectivity index (χ4n) is 7.81. The standard InChI is InChI=1S/C51H78O7/c1-3-5-7-9-11-13-15-17-19-21-23-25-27-29-31-33-48(53)57-43-37-35-42(36-38-43)45-41-56-47-40-44(39-46(52)50(47)51(45)55)58-49(54)34-32-30-28-26-24-22-20-18-16-14-12-10-8-6-4-2/h35-41,52H,3-34H2,1-2H3. The number of rotatable bonds is 35. The van der Waals surface area contributed by atoms with Gasteiger partial charge in [-0.1, -0.05) is 206 Å². The van der Waals surface area contributed by atoms with Gasteiger partial charge in [0.15, 0.2) is 0 Å². The molecule has 0 fully saturated rings. The number of fused-ring (bicyclic) bond motifs is 1. The molecule has 7 nitrogen and oxygen atoms in total. The second-order valence-electron chi connectivity index (χ2n) is 16.7. The van der Waals surface area contributed by atoms with Crippen LogP contribution in [0, 0.1) is 0 Å². The first-order valence-corrected chi connectivity index (χ1v) is 23.7. The molecule has 0 bridgehead atoms. The molecule has 0 atom stereocenters. The maximum Gasteiger partial charge on any atom is 0.311 e. The van der Waals surface area contributed by atoms with E-state index in [9.17, 15) is 19.5 Å². The molecule has 1 heterocycles. The molecule has 0 saturated heterocycles. The zero-order valence-corrected chi connectivity index (χ0v) is 36.6. The van der Waals surface area contributed by atoms with Gasteiger partial charge in [0.05, 0.1) is 5.56 Å². The molecular formula is C51H78O7. The van der Waals surface area contributed by atoms with Gasteiger partial charge in [-0.25, -0.2) is 0 Å². The molecule has 0 aliphatic heterocycles. The van der Waals surface area contributed by atoms with Crippen molar-refractivity contribution in [3.05, 3.63) is 52.9 Å². The summed E-state index contributed by atoms with van der Waals surface area (Å²) in [4.78, 5) is 38.4. The smallest absolute Gasteiger partial charge is 0.311 e. The zero-order chi connectivity index (χ0) is 41.5. The lowest BCUT2D eigenvalue weighted by Crippen LogP contribution is -2.09. The number of phenols is 1. The van der Waals surface area contributed by atoms with Gasteiger partial charge < -0.3 is 19.0 Å². The highest BCUT2D eigenvalue weighted by Gasteiger charge is 2.16. The van der Waals surface area contributed by atoms with E-state index in [0.717, 1.165) is 38.5 Å². The summed E-state index contributed by atoms with van der Waals surface area (Å²) in [6, 6.07) is 9.45. The van der Waals surface area contributed by atoms with Crippen LogP contribution in [0.25, 0.3) is 22.1 Å². The van der Waals surface area contributed by atoms with Crippen molar-refractivity contribution >= 4 is 22.9 Å². The van der Waals surface area contributed by atoms with Gasteiger partial charge in [-0.15, -0.1) is 0 Å². The van der Waals surface area contributed by atoms with E-state index in [4.69, 9.17) is 13.9 Å². The molecule has 1 N–H and O–H groups in total. The van der Waals surface area contributed by atoms with Crippen LogP contribution in [0.4, 0.5) is 0 Å². The van der Waals surface area contributed by atoms with Gasteiger partial charge in [-0.2, -0.15) is 0 Å². The summed E-state index contributed by atoms with van der Waals surface area (Å²) in [5.41, 5.74) is 0.549. The van der Waals surface area contributed by atoms with E-state index in [1.807, 2.05) is 0 Å². The normalized spacial score (nSPS) is 11.3. The Morgan fingerprint density at radius 2 is 0.862 bits per heavy atom. The van der Waals surface area contributed by atoms with Gasteiger partial charge in [0, 0.05) is 25.0 Å². The molecule has 0 spiro atoms. The van der Waals surface area contributed by atoms with Gasteiger partial charge in [0.25, 0.3) is 0 Å². The maximum absolute atomic E-state index is 13.4. The van der Waals surface area contributed by atoms with Crippen LogP contribution in [0.3, 0.4) is 0 Å². The molecule has 0 radical (unpaired) electrons. The lowest BCUT2D eigenvalue weighted by atomic mass is 10.0. The Balaban J connectivity index is 1.28. The number of hydrogen-bond acceptors (Lipinski definition) is 7. The average Bonchev–Trinajstić information content (AvgIpc) is 3.21. The van der Waals surface area contributed by atoms with E-state index < -0.39 is 5.43 Å². The number of carbonyl (C=O) groups excluding carboxylic acids is 2. The molecule has 0 aliphatic rings. The second-order valence-corrected chi connectivity index (χ2v) is 16.7. The van der Waals surface area contributed by atoms with Gasteiger partial charge in [0.2, 0.25) is 5.43 Å². The third-order valence-corrected chi connectivity index (χ3v) is 11.4. The Labute approximate surface area is 351 Å². The van der Waals surface area contributed by atoms with Crippen molar-refractivity contribution in [1.82, 2.24) is 0 Å². The predicted molar refractivity (Wildman–Crippen MR) is 240 cm³/mol. The minimum Gasteiger partial charge on any atom is -0.507 e. The zero-order valence-electron chi connectivity index (χ0n) is 36.6. The third-order valence-electron chi connectivity index (χ3n) is 11.4. The van der Waals surface area contributed by atoms with Crippen molar-refractivity contribution in [2.75, 3.05) is 0 Å². The number of ether oxygens (including phenoxy) is 2. The molecule has 0 unspecified atom stereocenters. The molecule has 0 amide bonds. The number of aromatic hydroxyl groups is 1. The second kappa shape index (κ2) is 31.3. The van der Waals surface area contributed by atoms with Crippen LogP contribution in [0.15, 0.2) is 51.9 Å². The van der Waals surface area contributed by atoms with Crippen LogP contribution in [0.5, 0.6) is 17.2 Å². The Bertz CT molecular complexity index is 1590. The Kier molecular flexibility index (Phi) is 26.3. The summed E-state index contributed by atoms with van der Waals surface area (Å²) in [5.74, 6) is -0.389. The van der Waals surface area contributed by atoms with Crippen LogP contribution in [0.2, 0.25) is 0 Å². The van der Waals surface area contributed by atoms with E-state index in [1.165, 1.54) is 172 Å². The monoisotopic (exact) mass is 803 g/mol. The maximum atomic E-state index is 13.4. The topological polar surface area (TPSA) is 103 Å². The number of esters is 2. The predicted octanol–water partition coefficient (Wildman–Crippen LogP) is 15.5. The summed E-state index contributed by atoms with van der Waals surface area (Å²) in [6.45, 7) is 4.53. The third kappa shape index (κ3) is 20.9.